The third-order valence-electron chi connectivity index (χ3n) is 4.92. The SMILES string of the molecule is CCCCCCCCCCCC(=O)OC(C1=CC(=O)OC1O)C(OC)OCCOC. The zero-order chi connectivity index (χ0) is 22.2. The van der Waals surface area contributed by atoms with Gasteiger partial charge in [-0.15, -0.1) is 0 Å². The van der Waals surface area contributed by atoms with Crippen molar-refractivity contribution in [3.63, 3.8) is 0 Å². The van der Waals surface area contributed by atoms with Crippen molar-refractivity contribution in [1.29, 1.82) is 0 Å². The van der Waals surface area contributed by atoms with Gasteiger partial charge in [0.25, 0.3) is 0 Å². The number of carbonyl (C=O) groups excluding carboxylic acids is 2. The highest BCUT2D eigenvalue weighted by atomic mass is 16.7. The Morgan fingerprint density at radius 1 is 1.07 bits per heavy atom. The van der Waals surface area contributed by atoms with E-state index in [2.05, 4.69) is 6.92 Å². The lowest BCUT2D eigenvalue weighted by Gasteiger charge is -2.27. The summed E-state index contributed by atoms with van der Waals surface area (Å²) in [6, 6.07) is 0. The first-order chi connectivity index (χ1) is 14.5. The van der Waals surface area contributed by atoms with Crippen molar-refractivity contribution >= 4 is 11.9 Å². The van der Waals surface area contributed by atoms with Crippen LogP contribution in [-0.4, -0.2) is 63.2 Å². The quantitative estimate of drug-likeness (QED) is 0.201. The molecule has 0 saturated carbocycles. The molecule has 0 aromatic heterocycles. The third-order valence-corrected chi connectivity index (χ3v) is 4.92. The Hall–Kier alpha value is -1.48. The van der Waals surface area contributed by atoms with Gasteiger partial charge in [0.05, 0.1) is 18.8 Å². The molecule has 8 heteroatoms. The summed E-state index contributed by atoms with van der Waals surface area (Å²) < 4.78 is 26.0. The number of rotatable bonds is 18. The molecule has 0 radical (unpaired) electrons. The molecular weight excluding hydrogens is 392 g/mol. The van der Waals surface area contributed by atoms with Gasteiger partial charge in [-0.25, -0.2) is 4.79 Å². The van der Waals surface area contributed by atoms with Gasteiger partial charge in [-0.1, -0.05) is 58.3 Å². The second-order valence-corrected chi connectivity index (χ2v) is 7.39. The minimum Gasteiger partial charge on any atom is -0.452 e. The predicted octanol–water partition coefficient (Wildman–Crippen LogP) is 3.26. The van der Waals surface area contributed by atoms with E-state index in [1.54, 1.807) is 0 Å². The molecule has 0 fully saturated rings. The summed E-state index contributed by atoms with van der Waals surface area (Å²) in [7, 11) is 2.92. The monoisotopic (exact) mass is 430 g/mol. The van der Waals surface area contributed by atoms with Crippen LogP contribution in [0, 0.1) is 0 Å². The van der Waals surface area contributed by atoms with Gasteiger partial charge in [0.1, 0.15) is 0 Å². The van der Waals surface area contributed by atoms with Gasteiger partial charge in [-0.2, -0.15) is 0 Å². The summed E-state index contributed by atoms with van der Waals surface area (Å²) in [6.07, 6.45) is 8.08. The van der Waals surface area contributed by atoms with Crippen LogP contribution in [0.4, 0.5) is 0 Å². The highest BCUT2D eigenvalue weighted by Crippen LogP contribution is 2.24. The van der Waals surface area contributed by atoms with Crippen molar-refractivity contribution in [2.24, 2.45) is 0 Å². The number of aliphatic hydroxyl groups is 1. The number of ether oxygens (including phenoxy) is 5. The first kappa shape index (κ1) is 26.6. The van der Waals surface area contributed by atoms with Gasteiger partial charge >= 0.3 is 11.9 Å². The fourth-order valence-electron chi connectivity index (χ4n) is 3.23. The lowest BCUT2D eigenvalue weighted by atomic mass is 10.1. The highest BCUT2D eigenvalue weighted by molar-refractivity contribution is 5.86. The maximum atomic E-state index is 12.4. The number of hydrogen-bond acceptors (Lipinski definition) is 8. The molecule has 1 rings (SSSR count). The van der Waals surface area contributed by atoms with Crippen molar-refractivity contribution in [2.45, 2.75) is 89.8 Å². The number of cyclic esters (lactones) is 1. The molecule has 8 nitrogen and oxygen atoms in total. The van der Waals surface area contributed by atoms with Crippen LogP contribution in [0.3, 0.4) is 0 Å². The number of esters is 2. The Balaban J connectivity index is 2.47. The van der Waals surface area contributed by atoms with E-state index in [1.807, 2.05) is 0 Å². The standard InChI is InChI=1S/C22H38O8/c1-4-5-6-7-8-9-10-11-12-13-18(23)29-20(17-16-19(24)30-21(17)25)22(27-3)28-15-14-26-2/h16,20-22,25H,4-15H2,1-3H3. The molecule has 0 aromatic carbocycles. The second kappa shape index (κ2) is 16.2. The number of unbranched alkanes of at least 4 members (excludes halogenated alkanes) is 8. The molecule has 30 heavy (non-hydrogen) atoms. The number of carbonyl (C=O) groups is 2. The van der Waals surface area contributed by atoms with Crippen LogP contribution in [0.2, 0.25) is 0 Å². The van der Waals surface area contributed by atoms with Crippen LogP contribution in [-0.2, 0) is 33.3 Å². The molecule has 3 atom stereocenters. The van der Waals surface area contributed by atoms with E-state index >= 15 is 0 Å². The topological polar surface area (TPSA) is 101 Å². The Labute approximate surface area is 179 Å². The summed E-state index contributed by atoms with van der Waals surface area (Å²) >= 11 is 0. The molecule has 0 saturated heterocycles. The summed E-state index contributed by atoms with van der Waals surface area (Å²) in [5, 5.41) is 9.97. The maximum absolute atomic E-state index is 12.4. The zero-order valence-corrected chi connectivity index (χ0v) is 18.6. The van der Waals surface area contributed by atoms with E-state index < -0.39 is 30.6 Å². The Bertz CT molecular complexity index is 519. The minimum absolute atomic E-state index is 0.102. The van der Waals surface area contributed by atoms with Crippen molar-refractivity contribution < 1.29 is 38.4 Å². The predicted molar refractivity (Wildman–Crippen MR) is 111 cm³/mol. The molecule has 0 bridgehead atoms. The van der Waals surface area contributed by atoms with Crippen LogP contribution in [0.25, 0.3) is 0 Å². The maximum Gasteiger partial charge on any atom is 0.333 e. The average molecular weight is 431 g/mol. The van der Waals surface area contributed by atoms with E-state index in [-0.39, 0.29) is 18.6 Å². The van der Waals surface area contributed by atoms with E-state index in [0.29, 0.717) is 6.61 Å². The summed E-state index contributed by atoms with van der Waals surface area (Å²) in [4.78, 5) is 23.8. The largest absolute Gasteiger partial charge is 0.452 e. The van der Waals surface area contributed by atoms with Crippen LogP contribution in [0.15, 0.2) is 11.6 Å². The first-order valence-corrected chi connectivity index (χ1v) is 11.0. The van der Waals surface area contributed by atoms with Gasteiger partial charge in [0, 0.05) is 26.7 Å². The van der Waals surface area contributed by atoms with Gasteiger partial charge in [-0.3, -0.25) is 4.79 Å². The third kappa shape index (κ3) is 10.5. The van der Waals surface area contributed by atoms with Crippen LogP contribution >= 0.6 is 0 Å². The average Bonchev–Trinajstić information content (AvgIpc) is 3.06. The smallest absolute Gasteiger partial charge is 0.333 e. The van der Waals surface area contributed by atoms with Crippen molar-refractivity contribution in [2.75, 3.05) is 27.4 Å². The minimum atomic E-state index is -1.49. The number of aliphatic hydroxyl groups excluding tert-OH is 1. The normalized spacial score (nSPS) is 18.1. The Morgan fingerprint density at radius 2 is 1.70 bits per heavy atom. The van der Waals surface area contributed by atoms with E-state index in [1.165, 1.54) is 52.7 Å². The molecule has 0 aliphatic carbocycles. The molecule has 1 heterocycles. The van der Waals surface area contributed by atoms with Crippen molar-refractivity contribution in [3.8, 4) is 0 Å². The van der Waals surface area contributed by atoms with Crippen molar-refractivity contribution in [3.05, 3.63) is 11.6 Å². The van der Waals surface area contributed by atoms with E-state index in [4.69, 9.17) is 23.7 Å². The summed E-state index contributed by atoms with van der Waals surface area (Å²) in [5.74, 6) is -1.14. The zero-order valence-electron chi connectivity index (χ0n) is 18.6. The van der Waals surface area contributed by atoms with Gasteiger partial charge in [0.2, 0.25) is 6.29 Å². The fourth-order valence-corrected chi connectivity index (χ4v) is 3.23. The van der Waals surface area contributed by atoms with Crippen LogP contribution < -0.4 is 0 Å². The van der Waals surface area contributed by atoms with Crippen molar-refractivity contribution in [1.82, 2.24) is 0 Å². The summed E-state index contributed by atoms with van der Waals surface area (Å²) in [5.41, 5.74) is 0.102. The lowest BCUT2D eigenvalue weighted by molar-refractivity contribution is -0.201. The molecule has 174 valence electrons. The fraction of sp³-hybridized carbons (Fsp3) is 0.818. The highest BCUT2D eigenvalue weighted by Gasteiger charge is 2.38. The molecule has 0 aromatic rings. The van der Waals surface area contributed by atoms with Gasteiger partial charge in [-0.05, 0) is 6.42 Å². The number of methoxy groups -OCH3 is 2. The van der Waals surface area contributed by atoms with Gasteiger partial charge < -0.3 is 28.8 Å². The van der Waals surface area contributed by atoms with Crippen LogP contribution in [0.5, 0.6) is 0 Å². The molecule has 1 aliphatic rings. The molecule has 0 amide bonds. The first-order valence-electron chi connectivity index (χ1n) is 11.0. The molecule has 1 N–H and O–H groups in total. The Morgan fingerprint density at radius 3 is 2.23 bits per heavy atom. The van der Waals surface area contributed by atoms with Crippen LogP contribution in [0.1, 0.15) is 71.1 Å². The molecular formula is C22H38O8. The summed E-state index contributed by atoms with van der Waals surface area (Å²) in [6.45, 7) is 2.72. The second-order valence-electron chi connectivity index (χ2n) is 7.39. The number of hydrogen-bond donors (Lipinski definition) is 1. The molecule has 0 spiro atoms. The molecule has 1 aliphatic heterocycles. The molecule has 3 unspecified atom stereocenters. The lowest BCUT2D eigenvalue weighted by Crippen LogP contribution is -2.39. The van der Waals surface area contributed by atoms with Gasteiger partial charge in [0.15, 0.2) is 12.4 Å². The van der Waals surface area contributed by atoms with E-state index in [9.17, 15) is 14.7 Å². The van der Waals surface area contributed by atoms with E-state index in [0.717, 1.165) is 25.3 Å². The Kier molecular flexibility index (Phi) is 14.4.